The maximum absolute atomic E-state index is 13.1. The van der Waals surface area contributed by atoms with Crippen LogP contribution >= 0.6 is 11.6 Å². The third-order valence-corrected chi connectivity index (χ3v) is 4.78. The van der Waals surface area contributed by atoms with Gasteiger partial charge in [-0.3, -0.25) is 9.78 Å². The Kier molecular flexibility index (Phi) is 5.90. The number of anilines is 1. The van der Waals surface area contributed by atoms with Crippen LogP contribution in [0.15, 0.2) is 67.1 Å². The highest BCUT2D eigenvalue weighted by Gasteiger charge is 2.21. The number of ether oxygens (including phenoxy) is 1. The number of halogens is 2. The van der Waals surface area contributed by atoms with E-state index in [0.717, 1.165) is 5.56 Å². The minimum atomic E-state index is -0.399. The van der Waals surface area contributed by atoms with Gasteiger partial charge in [0, 0.05) is 24.1 Å². The van der Waals surface area contributed by atoms with Crippen LogP contribution in [0.25, 0.3) is 0 Å². The Hall–Kier alpha value is -3.78. The SMILES string of the molecule is Cc1nn(Cc2ccc(F)cc2)c(Cl)c1C(=O)Nc1cccc(Oc2cnccn2)c1. The Morgan fingerprint density at radius 1 is 1.19 bits per heavy atom. The fourth-order valence-electron chi connectivity index (χ4n) is 2.97. The van der Waals surface area contributed by atoms with E-state index in [1.807, 2.05) is 0 Å². The van der Waals surface area contributed by atoms with E-state index in [1.165, 1.54) is 29.2 Å². The number of carbonyl (C=O) groups is 1. The van der Waals surface area contributed by atoms with Gasteiger partial charge in [-0.05, 0) is 36.8 Å². The molecule has 0 aliphatic rings. The largest absolute Gasteiger partial charge is 0.437 e. The van der Waals surface area contributed by atoms with Crippen molar-refractivity contribution < 1.29 is 13.9 Å². The molecule has 4 aromatic rings. The molecule has 156 valence electrons. The van der Waals surface area contributed by atoms with E-state index in [9.17, 15) is 9.18 Å². The summed E-state index contributed by atoms with van der Waals surface area (Å²) in [5.41, 5.74) is 2.08. The third-order valence-electron chi connectivity index (χ3n) is 4.39. The van der Waals surface area contributed by atoms with E-state index < -0.39 is 5.91 Å². The van der Waals surface area contributed by atoms with Gasteiger partial charge in [0.2, 0.25) is 5.88 Å². The Labute approximate surface area is 182 Å². The van der Waals surface area contributed by atoms with Gasteiger partial charge in [0.15, 0.2) is 0 Å². The van der Waals surface area contributed by atoms with Gasteiger partial charge in [-0.25, -0.2) is 14.1 Å². The summed E-state index contributed by atoms with van der Waals surface area (Å²) >= 11 is 6.44. The summed E-state index contributed by atoms with van der Waals surface area (Å²) in [5.74, 6) is 0.113. The minimum Gasteiger partial charge on any atom is -0.437 e. The van der Waals surface area contributed by atoms with Crippen molar-refractivity contribution in [2.24, 2.45) is 0 Å². The molecule has 1 N–H and O–H groups in total. The second kappa shape index (κ2) is 8.93. The molecule has 2 aromatic carbocycles. The van der Waals surface area contributed by atoms with Crippen molar-refractivity contribution in [1.29, 1.82) is 0 Å². The molecule has 2 heterocycles. The van der Waals surface area contributed by atoms with E-state index in [-0.39, 0.29) is 16.5 Å². The number of hydrogen-bond acceptors (Lipinski definition) is 5. The molecule has 0 fully saturated rings. The highest BCUT2D eigenvalue weighted by molar-refractivity contribution is 6.33. The summed E-state index contributed by atoms with van der Waals surface area (Å²) in [5, 5.41) is 7.36. The number of nitrogens with one attached hydrogen (secondary N) is 1. The standard InChI is InChI=1S/C22H17ClFN5O2/c1-14-20(21(23)29(28-14)13-15-5-7-16(24)8-6-15)22(30)27-17-3-2-4-18(11-17)31-19-12-25-9-10-26-19/h2-12H,13H2,1H3,(H,27,30). The predicted octanol–water partition coefficient (Wildman–Crippen LogP) is 4.87. The van der Waals surface area contributed by atoms with Gasteiger partial charge in [-0.15, -0.1) is 0 Å². The van der Waals surface area contributed by atoms with Crippen molar-refractivity contribution in [3.63, 3.8) is 0 Å². The second-order valence-corrected chi connectivity index (χ2v) is 7.02. The first kappa shape index (κ1) is 20.5. The Bertz CT molecular complexity index is 1210. The zero-order chi connectivity index (χ0) is 21.8. The van der Waals surface area contributed by atoms with E-state index in [4.69, 9.17) is 16.3 Å². The fraction of sp³-hybridized carbons (Fsp3) is 0.0909. The molecule has 1 amide bonds. The van der Waals surface area contributed by atoms with Gasteiger partial charge < -0.3 is 10.1 Å². The average Bonchev–Trinajstić information content (AvgIpc) is 3.03. The number of rotatable bonds is 6. The molecule has 0 radical (unpaired) electrons. The molecule has 7 nitrogen and oxygen atoms in total. The highest BCUT2D eigenvalue weighted by Crippen LogP contribution is 2.25. The van der Waals surface area contributed by atoms with Crippen LogP contribution in [0.3, 0.4) is 0 Å². The van der Waals surface area contributed by atoms with Gasteiger partial charge in [-0.2, -0.15) is 5.10 Å². The van der Waals surface area contributed by atoms with Crippen molar-refractivity contribution in [1.82, 2.24) is 19.7 Å². The molecule has 31 heavy (non-hydrogen) atoms. The molecule has 0 aliphatic heterocycles. The summed E-state index contributed by atoms with van der Waals surface area (Å²) in [6.07, 6.45) is 4.56. The van der Waals surface area contributed by atoms with Crippen LogP contribution < -0.4 is 10.1 Å². The maximum atomic E-state index is 13.1. The molecule has 4 rings (SSSR count). The van der Waals surface area contributed by atoms with Crippen molar-refractivity contribution >= 4 is 23.2 Å². The molecule has 0 unspecified atom stereocenters. The lowest BCUT2D eigenvalue weighted by atomic mass is 10.2. The van der Waals surface area contributed by atoms with Crippen LogP contribution in [0, 0.1) is 12.7 Å². The smallest absolute Gasteiger partial charge is 0.260 e. The zero-order valence-corrected chi connectivity index (χ0v) is 17.2. The van der Waals surface area contributed by atoms with Gasteiger partial charge in [0.1, 0.15) is 16.7 Å². The summed E-state index contributed by atoms with van der Waals surface area (Å²) in [7, 11) is 0. The number of aryl methyl sites for hydroxylation is 1. The van der Waals surface area contributed by atoms with Crippen molar-refractivity contribution in [3.05, 3.63) is 94.9 Å². The van der Waals surface area contributed by atoms with E-state index >= 15 is 0 Å². The topological polar surface area (TPSA) is 81.9 Å². The first-order chi connectivity index (χ1) is 15.0. The first-order valence-electron chi connectivity index (χ1n) is 9.32. The summed E-state index contributed by atoms with van der Waals surface area (Å²) in [6.45, 7) is 2.02. The van der Waals surface area contributed by atoms with Crippen molar-refractivity contribution in [3.8, 4) is 11.6 Å². The van der Waals surface area contributed by atoms with E-state index in [2.05, 4.69) is 20.4 Å². The normalized spacial score (nSPS) is 10.7. The van der Waals surface area contributed by atoms with Crippen LogP contribution in [-0.4, -0.2) is 25.7 Å². The monoisotopic (exact) mass is 437 g/mol. The number of benzene rings is 2. The van der Waals surface area contributed by atoms with E-state index in [0.29, 0.717) is 29.6 Å². The Morgan fingerprint density at radius 3 is 2.74 bits per heavy atom. The molecule has 2 aromatic heterocycles. The Morgan fingerprint density at radius 2 is 2.00 bits per heavy atom. The number of nitrogens with zero attached hydrogens (tertiary/aromatic N) is 4. The molecule has 0 bridgehead atoms. The molecule has 0 saturated heterocycles. The lowest BCUT2D eigenvalue weighted by molar-refractivity contribution is 0.102. The average molecular weight is 438 g/mol. The molecular weight excluding hydrogens is 421 g/mol. The van der Waals surface area contributed by atoms with Crippen molar-refractivity contribution in [2.45, 2.75) is 13.5 Å². The fourth-order valence-corrected chi connectivity index (χ4v) is 3.29. The van der Waals surface area contributed by atoms with Crippen molar-refractivity contribution in [2.75, 3.05) is 5.32 Å². The van der Waals surface area contributed by atoms with Crippen LogP contribution in [0.2, 0.25) is 5.15 Å². The maximum Gasteiger partial charge on any atom is 0.260 e. The third kappa shape index (κ3) is 4.87. The zero-order valence-electron chi connectivity index (χ0n) is 16.4. The molecule has 0 atom stereocenters. The van der Waals surface area contributed by atoms with Crippen LogP contribution in [0.1, 0.15) is 21.6 Å². The second-order valence-electron chi connectivity index (χ2n) is 6.66. The Balaban J connectivity index is 1.50. The van der Waals surface area contributed by atoms with Crippen LogP contribution in [0.5, 0.6) is 11.6 Å². The van der Waals surface area contributed by atoms with Gasteiger partial charge in [0.25, 0.3) is 5.91 Å². The van der Waals surface area contributed by atoms with Gasteiger partial charge in [0.05, 0.1) is 24.0 Å². The van der Waals surface area contributed by atoms with Gasteiger partial charge >= 0.3 is 0 Å². The molecule has 9 heteroatoms. The number of hydrogen-bond donors (Lipinski definition) is 1. The number of amides is 1. The molecule has 0 spiro atoms. The molecule has 0 aliphatic carbocycles. The molecule has 0 saturated carbocycles. The quantitative estimate of drug-likeness (QED) is 0.465. The number of aromatic nitrogens is 4. The highest BCUT2D eigenvalue weighted by atomic mass is 35.5. The van der Waals surface area contributed by atoms with Gasteiger partial charge in [-0.1, -0.05) is 29.8 Å². The summed E-state index contributed by atoms with van der Waals surface area (Å²) in [6, 6.07) is 12.9. The molecular formula is C22H17ClFN5O2. The van der Waals surface area contributed by atoms with Crippen LogP contribution in [0.4, 0.5) is 10.1 Å². The van der Waals surface area contributed by atoms with Crippen LogP contribution in [-0.2, 0) is 6.54 Å². The summed E-state index contributed by atoms with van der Waals surface area (Å²) < 4.78 is 20.3. The van der Waals surface area contributed by atoms with E-state index in [1.54, 1.807) is 49.5 Å². The number of carbonyl (C=O) groups excluding carboxylic acids is 1. The summed E-state index contributed by atoms with van der Waals surface area (Å²) in [4.78, 5) is 20.9. The predicted molar refractivity (Wildman–Crippen MR) is 114 cm³/mol. The minimum absolute atomic E-state index is 0.200. The first-order valence-corrected chi connectivity index (χ1v) is 9.70. The lowest BCUT2D eigenvalue weighted by Gasteiger charge is -2.08. The lowest BCUT2D eigenvalue weighted by Crippen LogP contribution is -2.13.